The number of esters is 1. The molecule has 0 aromatic heterocycles. The number of epoxide rings is 1. The van der Waals surface area contributed by atoms with Crippen LogP contribution >= 0.6 is 0 Å². The van der Waals surface area contributed by atoms with Gasteiger partial charge in [0, 0.05) is 6.42 Å². The molecular weight excluding hydrogens is 228 g/mol. The summed E-state index contributed by atoms with van der Waals surface area (Å²) in [6, 6.07) is 10.1. The second-order valence-corrected chi connectivity index (χ2v) is 4.90. The first-order valence-electron chi connectivity index (χ1n) is 6.49. The van der Waals surface area contributed by atoms with Crippen LogP contribution in [0.1, 0.15) is 32.8 Å². The molecule has 3 heteroatoms. The fourth-order valence-corrected chi connectivity index (χ4v) is 2.62. The normalized spacial score (nSPS) is 29.9. The Kier molecular flexibility index (Phi) is 3.44. The Morgan fingerprint density at radius 3 is 2.50 bits per heavy atom. The van der Waals surface area contributed by atoms with Gasteiger partial charge in [0.05, 0.1) is 6.61 Å². The van der Waals surface area contributed by atoms with Gasteiger partial charge in [0.25, 0.3) is 0 Å². The third-order valence-corrected chi connectivity index (χ3v) is 3.70. The van der Waals surface area contributed by atoms with Crippen molar-refractivity contribution in [2.45, 2.75) is 44.8 Å². The molecule has 3 nitrogen and oxygen atoms in total. The number of carbonyl (C=O) groups is 1. The Bertz CT molecular complexity index is 429. The third-order valence-electron chi connectivity index (χ3n) is 3.70. The fourth-order valence-electron chi connectivity index (χ4n) is 2.62. The molecule has 0 amide bonds. The maximum atomic E-state index is 12.0. The summed E-state index contributed by atoms with van der Waals surface area (Å²) in [5, 5.41) is 0. The minimum atomic E-state index is -0.751. The van der Waals surface area contributed by atoms with Crippen LogP contribution in [-0.2, 0) is 20.7 Å². The van der Waals surface area contributed by atoms with Crippen LogP contribution in [0.15, 0.2) is 30.3 Å². The van der Waals surface area contributed by atoms with Crippen LogP contribution in [0.4, 0.5) is 0 Å². The van der Waals surface area contributed by atoms with Gasteiger partial charge in [-0.3, -0.25) is 0 Å². The van der Waals surface area contributed by atoms with Crippen LogP contribution in [0, 0.1) is 0 Å². The fraction of sp³-hybridized carbons (Fsp3) is 0.533. The van der Waals surface area contributed by atoms with Crippen molar-refractivity contribution in [2.24, 2.45) is 0 Å². The van der Waals surface area contributed by atoms with Crippen LogP contribution in [0.3, 0.4) is 0 Å². The van der Waals surface area contributed by atoms with Gasteiger partial charge < -0.3 is 9.47 Å². The number of hydrogen-bond donors (Lipinski definition) is 0. The van der Waals surface area contributed by atoms with E-state index in [1.165, 1.54) is 5.56 Å². The molecule has 0 N–H and O–H groups in total. The van der Waals surface area contributed by atoms with Gasteiger partial charge in [-0.1, -0.05) is 37.3 Å². The molecule has 2 unspecified atom stereocenters. The molecule has 0 aliphatic carbocycles. The van der Waals surface area contributed by atoms with Crippen LogP contribution in [-0.4, -0.2) is 23.8 Å². The zero-order chi connectivity index (χ0) is 13.2. The maximum Gasteiger partial charge on any atom is 0.341 e. The van der Waals surface area contributed by atoms with E-state index in [4.69, 9.17) is 9.47 Å². The van der Waals surface area contributed by atoms with Crippen molar-refractivity contribution in [2.75, 3.05) is 6.61 Å². The molecule has 98 valence electrons. The third kappa shape index (κ3) is 2.03. The first kappa shape index (κ1) is 13.1. The summed E-state index contributed by atoms with van der Waals surface area (Å²) in [6.45, 7) is 6.16. The van der Waals surface area contributed by atoms with E-state index >= 15 is 0 Å². The van der Waals surface area contributed by atoms with E-state index in [1.54, 1.807) is 0 Å². The van der Waals surface area contributed by atoms with Crippen molar-refractivity contribution < 1.29 is 14.3 Å². The van der Waals surface area contributed by atoms with Crippen molar-refractivity contribution in [3.63, 3.8) is 0 Å². The Hall–Kier alpha value is -1.35. The Morgan fingerprint density at radius 2 is 1.94 bits per heavy atom. The molecule has 18 heavy (non-hydrogen) atoms. The van der Waals surface area contributed by atoms with Gasteiger partial charge >= 0.3 is 5.97 Å². The minimum Gasteiger partial charge on any atom is -0.464 e. The van der Waals surface area contributed by atoms with Crippen LogP contribution in [0.2, 0.25) is 0 Å². The summed E-state index contributed by atoms with van der Waals surface area (Å²) in [5.41, 5.74) is -0.00609. The molecule has 2 atom stereocenters. The van der Waals surface area contributed by atoms with E-state index in [9.17, 15) is 4.79 Å². The number of ether oxygens (including phenoxy) is 2. The van der Waals surface area contributed by atoms with E-state index in [2.05, 4.69) is 12.1 Å². The Balaban J connectivity index is 2.12. The van der Waals surface area contributed by atoms with Crippen LogP contribution in [0.5, 0.6) is 0 Å². The number of carbonyl (C=O) groups excluding carboxylic acids is 1. The quantitative estimate of drug-likeness (QED) is 0.594. The summed E-state index contributed by atoms with van der Waals surface area (Å²) in [7, 11) is 0. The standard InChI is InChI=1S/C15H20O3/c1-4-15(13(16)17-5-2)14(3,18-15)11-12-9-7-6-8-10-12/h6-10H,4-5,11H2,1-3H3. The van der Waals surface area contributed by atoms with Gasteiger partial charge in [0.15, 0.2) is 5.60 Å². The molecule has 1 aliphatic rings. The molecule has 0 spiro atoms. The van der Waals surface area contributed by atoms with Gasteiger partial charge in [0.1, 0.15) is 5.60 Å². The van der Waals surface area contributed by atoms with Crippen LogP contribution < -0.4 is 0 Å². The highest BCUT2D eigenvalue weighted by Crippen LogP contribution is 2.53. The monoisotopic (exact) mass is 248 g/mol. The molecule has 0 bridgehead atoms. The lowest BCUT2D eigenvalue weighted by Crippen LogP contribution is -2.35. The van der Waals surface area contributed by atoms with E-state index in [1.807, 2.05) is 39.0 Å². The Morgan fingerprint density at radius 1 is 1.28 bits per heavy atom. The predicted octanol–water partition coefficient (Wildman–Crippen LogP) is 2.73. The van der Waals surface area contributed by atoms with E-state index in [0.717, 1.165) is 6.42 Å². The summed E-state index contributed by atoms with van der Waals surface area (Å²) < 4.78 is 10.9. The van der Waals surface area contributed by atoms with Crippen molar-refractivity contribution in [3.05, 3.63) is 35.9 Å². The van der Waals surface area contributed by atoms with Gasteiger partial charge in [0.2, 0.25) is 0 Å². The molecule has 1 fully saturated rings. The minimum absolute atomic E-state index is 0.231. The molecule has 0 radical (unpaired) electrons. The molecular formula is C15H20O3. The summed E-state index contributed by atoms with van der Waals surface area (Å²) >= 11 is 0. The van der Waals surface area contributed by atoms with Gasteiger partial charge in [-0.2, -0.15) is 0 Å². The Labute approximate surface area is 108 Å². The van der Waals surface area contributed by atoms with Gasteiger partial charge in [-0.05, 0) is 25.8 Å². The van der Waals surface area contributed by atoms with E-state index in [-0.39, 0.29) is 5.97 Å². The van der Waals surface area contributed by atoms with Gasteiger partial charge in [-0.15, -0.1) is 0 Å². The zero-order valence-electron chi connectivity index (χ0n) is 11.2. The second-order valence-electron chi connectivity index (χ2n) is 4.90. The molecule has 1 heterocycles. The topological polar surface area (TPSA) is 38.8 Å². The first-order chi connectivity index (χ1) is 8.58. The van der Waals surface area contributed by atoms with Crippen molar-refractivity contribution >= 4 is 5.97 Å². The average Bonchev–Trinajstić information content (AvgIpc) is 2.97. The largest absolute Gasteiger partial charge is 0.464 e. The second kappa shape index (κ2) is 4.73. The van der Waals surface area contributed by atoms with Crippen LogP contribution in [0.25, 0.3) is 0 Å². The molecule has 2 rings (SSSR count). The summed E-state index contributed by atoms with van der Waals surface area (Å²) in [6.07, 6.45) is 1.38. The van der Waals surface area contributed by atoms with E-state index in [0.29, 0.717) is 13.0 Å². The van der Waals surface area contributed by atoms with E-state index < -0.39 is 11.2 Å². The number of hydrogen-bond acceptors (Lipinski definition) is 3. The van der Waals surface area contributed by atoms with Crippen molar-refractivity contribution in [1.82, 2.24) is 0 Å². The predicted molar refractivity (Wildman–Crippen MR) is 69.3 cm³/mol. The first-order valence-corrected chi connectivity index (χ1v) is 6.49. The molecule has 1 aromatic rings. The lowest BCUT2D eigenvalue weighted by molar-refractivity contribution is -0.149. The molecule has 1 saturated heterocycles. The number of benzene rings is 1. The lowest BCUT2D eigenvalue weighted by atomic mass is 9.86. The lowest BCUT2D eigenvalue weighted by Gasteiger charge is -2.14. The SMILES string of the molecule is CCOC(=O)C1(CC)OC1(C)Cc1ccccc1. The highest BCUT2D eigenvalue weighted by Gasteiger charge is 2.71. The molecule has 1 aromatic carbocycles. The molecule has 1 aliphatic heterocycles. The smallest absolute Gasteiger partial charge is 0.341 e. The average molecular weight is 248 g/mol. The molecule has 0 saturated carbocycles. The summed E-state index contributed by atoms with van der Waals surface area (Å²) in [4.78, 5) is 12.0. The van der Waals surface area contributed by atoms with Gasteiger partial charge in [-0.25, -0.2) is 4.79 Å². The maximum absolute atomic E-state index is 12.0. The highest BCUT2D eigenvalue weighted by atomic mass is 16.7. The van der Waals surface area contributed by atoms with Crippen molar-refractivity contribution in [1.29, 1.82) is 0 Å². The highest BCUT2D eigenvalue weighted by molar-refractivity contribution is 5.84. The summed E-state index contributed by atoms with van der Waals surface area (Å²) in [5.74, 6) is -0.231. The number of rotatable bonds is 5. The van der Waals surface area contributed by atoms with Crippen molar-refractivity contribution in [3.8, 4) is 0 Å². The zero-order valence-corrected chi connectivity index (χ0v) is 11.2.